The first-order valence-corrected chi connectivity index (χ1v) is 18.5. The Morgan fingerprint density at radius 1 is 1.00 bits per heavy atom. The highest BCUT2D eigenvalue weighted by Crippen LogP contribution is 2.36. The van der Waals surface area contributed by atoms with Gasteiger partial charge in [-0.15, -0.1) is 0 Å². The third-order valence-electron chi connectivity index (χ3n) is 9.76. The molecule has 3 fully saturated rings. The summed E-state index contributed by atoms with van der Waals surface area (Å²) < 4.78 is 47.3. The van der Waals surface area contributed by atoms with Crippen molar-refractivity contribution < 1.29 is 31.6 Å². The van der Waals surface area contributed by atoms with Crippen LogP contribution in [0.1, 0.15) is 101 Å². The molecule has 47 heavy (non-hydrogen) atoms. The Balaban J connectivity index is 1.32. The molecule has 1 saturated carbocycles. The predicted molar refractivity (Wildman–Crippen MR) is 178 cm³/mol. The summed E-state index contributed by atoms with van der Waals surface area (Å²) in [5.41, 5.74) is 8.89. The molecule has 3 heterocycles. The van der Waals surface area contributed by atoms with Crippen LogP contribution in [0.4, 0.5) is 10.1 Å². The maximum absolute atomic E-state index is 14.0. The quantitative estimate of drug-likeness (QED) is 0.262. The van der Waals surface area contributed by atoms with Crippen LogP contribution in [0, 0.1) is 5.92 Å². The van der Waals surface area contributed by atoms with Crippen molar-refractivity contribution in [3.05, 3.63) is 41.2 Å². The number of hydrogen-bond acceptors (Lipinski definition) is 7. The first-order valence-electron chi connectivity index (χ1n) is 17.1. The van der Waals surface area contributed by atoms with E-state index in [0.29, 0.717) is 68.4 Å². The number of nitrogens with one attached hydrogen (secondary N) is 2. The van der Waals surface area contributed by atoms with Crippen LogP contribution in [0.25, 0.3) is 11.0 Å². The fourth-order valence-corrected chi connectivity index (χ4v) is 8.33. The number of nitrogens with two attached hydrogens (primary N) is 1. The first-order chi connectivity index (χ1) is 22.6. The van der Waals surface area contributed by atoms with Crippen LogP contribution in [0.15, 0.2) is 39.8 Å². The third kappa shape index (κ3) is 8.42. The number of fused-ring (bicyclic) bond motifs is 1. The van der Waals surface area contributed by atoms with Gasteiger partial charge in [0.2, 0.25) is 5.91 Å². The molecule has 3 aliphatic rings. The number of amides is 3. The standard InChI is InChI=1S/C34H48FN5O6S/c1-2-23(12-9-13-26(36)22-35)34(43)40-19-16-28(24-10-5-3-6-11-24)31(40)33(42)37-27-14-15-29-25(20-27)21-30(46-29)32(41)38-47(44,45)39-17-7-4-8-18-39/h14-15,20-21,23,26,31H,2-13,16-19,22,36H2,1H3,(H,37,42)(H,38,41)/t23-,26+,31+/m1/s1. The van der Waals surface area contributed by atoms with Crippen molar-refractivity contribution in [2.24, 2.45) is 11.7 Å². The number of halogens is 1. The number of allylic oxidation sites excluding steroid dienone is 1. The van der Waals surface area contributed by atoms with Crippen LogP contribution < -0.4 is 15.8 Å². The zero-order valence-corrected chi connectivity index (χ0v) is 28.1. The summed E-state index contributed by atoms with van der Waals surface area (Å²) in [6.07, 6.45) is 10.6. The lowest BCUT2D eigenvalue weighted by atomic mass is 9.88. The van der Waals surface area contributed by atoms with Crippen LogP contribution in [-0.4, -0.2) is 73.7 Å². The second-order valence-electron chi connectivity index (χ2n) is 13.1. The van der Waals surface area contributed by atoms with Crippen molar-refractivity contribution in [3.63, 3.8) is 0 Å². The number of alkyl halides is 1. The number of likely N-dealkylation sites (tertiary alicyclic amines) is 1. The molecule has 258 valence electrons. The molecule has 0 spiro atoms. The number of carbonyl (C=O) groups excluding carboxylic acids is 3. The van der Waals surface area contributed by atoms with E-state index in [-0.39, 0.29) is 23.5 Å². The summed E-state index contributed by atoms with van der Waals surface area (Å²) in [5.74, 6) is -1.66. The SMILES string of the molecule is CC[C@H](CCC[C@H](N)CF)C(=O)N1CCC(=C2CCCCC2)[C@H]1C(=O)Nc1ccc2oc(C(=O)NS(=O)(=O)N3CCCCC3)cc2c1. The highest BCUT2D eigenvalue weighted by molar-refractivity contribution is 7.87. The van der Waals surface area contributed by atoms with Gasteiger partial charge >= 0.3 is 16.1 Å². The number of piperidine rings is 1. The van der Waals surface area contributed by atoms with Gasteiger partial charge in [-0.25, -0.2) is 9.11 Å². The Kier molecular flexibility index (Phi) is 11.7. The fraction of sp³-hybridized carbons (Fsp3) is 0.618. The lowest BCUT2D eigenvalue weighted by molar-refractivity contribution is -0.139. The van der Waals surface area contributed by atoms with Crippen molar-refractivity contribution in [2.75, 3.05) is 31.6 Å². The molecule has 2 aromatic rings. The van der Waals surface area contributed by atoms with Gasteiger partial charge in [-0.3, -0.25) is 14.4 Å². The van der Waals surface area contributed by atoms with Crippen LogP contribution in [0.5, 0.6) is 0 Å². The first kappa shape index (κ1) is 35.0. The van der Waals surface area contributed by atoms with Gasteiger partial charge in [0.1, 0.15) is 18.3 Å². The summed E-state index contributed by atoms with van der Waals surface area (Å²) in [5, 5.41) is 3.52. The molecule has 1 aliphatic carbocycles. The molecule has 0 bridgehead atoms. The van der Waals surface area contributed by atoms with Crippen LogP contribution in [0.2, 0.25) is 0 Å². The summed E-state index contributed by atoms with van der Waals surface area (Å²) in [6, 6.07) is 5.15. The lowest BCUT2D eigenvalue weighted by Gasteiger charge is -2.30. The predicted octanol–water partition coefficient (Wildman–Crippen LogP) is 5.19. The Labute approximate surface area is 276 Å². The van der Waals surface area contributed by atoms with Crippen LogP contribution in [-0.2, 0) is 19.8 Å². The highest BCUT2D eigenvalue weighted by atomic mass is 32.2. The Hall–Kier alpha value is -3.29. The van der Waals surface area contributed by atoms with E-state index < -0.39 is 34.9 Å². The average molecular weight is 674 g/mol. The zero-order chi connectivity index (χ0) is 33.6. The van der Waals surface area contributed by atoms with Crippen molar-refractivity contribution in [3.8, 4) is 0 Å². The molecule has 11 nitrogen and oxygen atoms in total. The topological polar surface area (TPSA) is 155 Å². The van der Waals surface area contributed by atoms with Crippen LogP contribution >= 0.6 is 0 Å². The Morgan fingerprint density at radius 3 is 2.43 bits per heavy atom. The molecule has 0 unspecified atom stereocenters. The largest absolute Gasteiger partial charge is 0.451 e. The number of carbonyl (C=O) groups is 3. The minimum absolute atomic E-state index is 0.0617. The third-order valence-corrected chi connectivity index (χ3v) is 11.2. The van der Waals surface area contributed by atoms with E-state index in [1.807, 2.05) is 6.92 Å². The number of hydrogen-bond donors (Lipinski definition) is 3. The number of furan rings is 1. The second-order valence-corrected chi connectivity index (χ2v) is 14.7. The number of benzene rings is 1. The summed E-state index contributed by atoms with van der Waals surface area (Å²) in [7, 11) is -3.99. The molecule has 3 atom stereocenters. The van der Waals surface area contributed by atoms with E-state index in [2.05, 4.69) is 10.0 Å². The lowest BCUT2D eigenvalue weighted by Crippen LogP contribution is -2.46. The van der Waals surface area contributed by atoms with Crippen molar-refractivity contribution >= 4 is 44.6 Å². The van der Waals surface area contributed by atoms with Gasteiger partial charge in [-0.1, -0.05) is 31.8 Å². The van der Waals surface area contributed by atoms with Gasteiger partial charge in [0, 0.05) is 42.7 Å². The molecular formula is C34H48FN5O6S. The minimum atomic E-state index is -3.99. The Bertz CT molecular complexity index is 1580. The van der Waals surface area contributed by atoms with E-state index in [1.165, 1.54) is 15.9 Å². The van der Waals surface area contributed by atoms with Gasteiger partial charge in [0.05, 0.1) is 0 Å². The number of anilines is 1. The molecule has 2 aliphatic heterocycles. The maximum atomic E-state index is 14.0. The smallest absolute Gasteiger partial charge is 0.304 e. The molecule has 3 amide bonds. The summed E-state index contributed by atoms with van der Waals surface area (Å²) >= 11 is 0. The van der Waals surface area contributed by atoms with E-state index in [9.17, 15) is 27.2 Å². The normalized spacial score (nSPS) is 20.7. The van der Waals surface area contributed by atoms with Gasteiger partial charge in [0.25, 0.3) is 5.91 Å². The van der Waals surface area contributed by atoms with Gasteiger partial charge in [-0.05, 0) is 94.0 Å². The average Bonchev–Trinajstić information content (AvgIpc) is 3.72. The molecular weight excluding hydrogens is 625 g/mol. The highest BCUT2D eigenvalue weighted by Gasteiger charge is 2.41. The maximum Gasteiger partial charge on any atom is 0.304 e. The minimum Gasteiger partial charge on any atom is -0.451 e. The van der Waals surface area contributed by atoms with Gasteiger partial charge in [0.15, 0.2) is 5.76 Å². The summed E-state index contributed by atoms with van der Waals surface area (Å²) in [6.45, 7) is 2.57. The van der Waals surface area contributed by atoms with E-state index >= 15 is 0 Å². The van der Waals surface area contributed by atoms with Crippen molar-refractivity contribution in [2.45, 2.75) is 102 Å². The monoisotopic (exact) mass is 673 g/mol. The molecule has 2 saturated heterocycles. The van der Waals surface area contributed by atoms with E-state index in [0.717, 1.165) is 56.9 Å². The molecule has 4 N–H and O–H groups in total. The Morgan fingerprint density at radius 2 is 1.72 bits per heavy atom. The van der Waals surface area contributed by atoms with E-state index in [4.69, 9.17) is 10.2 Å². The molecule has 13 heteroatoms. The summed E-state index contributed by atoms with van der Waals surface area (Å²) in [4.78, 5) is 42.5. The fourth-order valence-electron chi connectivity index (χ4n) is 7.12. The van der Waals surface area contributed by atoms with Crippen molar-refractivity contribution in [1.82, 2.24) is 13.9 Å². The van der Waals surface area contributed by atoms with Crippen LogP contribution in [0.3, 0.4) is 0 Å². The molecule has 5 rings (SSSR count). The van der Waals surface area contributed by atoms with Gasteiger partial charge in [-0.2, -0.15) is 12.7 Å². The number of rotatable bonds is 12. The molecule has 1 aromatic heterocycles. The second kappa shape index (κ2) is 15.7. The number of nitrogens with zero attached hydrogens (tertiary/aromatic N) is 2. The van der Waals surface area contributed by atoms with E-state index in [1.54, 1.807) is 23.1 Å². The molecule has 1 aromatic carbocycles. The van der Waals surface area contributed by atoms with Crippen molar-refractivity contribution in [1.29, 1.82) is 0 Å². The van der Waals surface area contributed by atoms with Gasteiger partial charge < -0.3 is 20.4 Å². The zero-order valence-electron chi connectivity index (χ0n) is 27.3. The molecule has 0 radical (unpaired) electrons.